The number of aryl methyl sites for hydroxylation is 1. The molecule has 0 saturated carbocycles. The summed E-state index contributed by atoms with van der Waals surface area (Å²) in [4.78, 5) is 8.98. The van der Waals surface area contributed by atoms with E-state index in [4.69, 9.17) is 9.47 Å². The molecule has 8 heteroatoms. The zero-order valence-electron chi connectivity index (χ0n) is 20.3. The average molecular weight is 443 g/mol. The van der Waals surface area contributed by atoms with Crippen molar-refractivity contribution in [2.75, 3.05) is 27.3 Å². The summed E-state index contributed by atoms with van der Waals surface area (Å²) in [7, 11) is 3.47. The van der Waals surface area contributed by atoms with E-state index in [0.29, 0.717) is 12.5 Å². The van der Waals surface area contributed by atoms with Gasteiger partial charge in [-0.05, 0) is 30.0 Å². The van der Waals surface area contributed by atoms with Crippen molar-refractivity contribution in [2.24, 2.45) is 10.9 Å². The Kier molecular flexibility index (Phi) is 8.12. The minimum Gasteiger partial charge on any atom is -0.493 e. The Balaban J connectivity index is 1.53. The third-order valence-corrected chi connectivity index (χ3v) is 5.66. The Labute approximate surface area is 191 Å². The van der Waals surface area contributed by atoms with E-state index in [1.165, 1.54) is 5.56 Å². The van der Waals surface area contributed by atoms with E-state index in [1.807, 2.05) is 11.7 Å². The van der Waals surface area contributed by atoms with E-state index in [0.717, 1.165) is 55.9 Å². The van der Waals surface area contributed by atoms with Crippen molar-refractivity contribution in [3.05, 3.63) is 41.5 Å². The predicted molar refractivity (Wildman–Crippen MR) is 127 cm³/mol. The fraction of sp³-hybridized carbons (Fsp3) is 0.625. The summed E-state index contributed by atoms with van der Waals surface area (Å²) in [6.07, 6.45) is 1.88. The molecule has 0 amide bonds. The van der Waals surface area contributed by atoms with Crippen molar-refractivity contribution in [3.63, 3.8) is 0 Å². The highest BCUT2D eigenvalue weighted by molar-refractivity contribution is 5.80. The molecule has 1 aliphatic rings. The molecule has 176 valence electrons. The van der Waals surface area contributed by atoms with Crippen molar-refractivity contribution in [1.29, 1.82) is 0 Å². The summed E-state index contributed by atoms with van der Waals surface area (Å²) in [5, 5.41) is 11.6. The quantitative estimate of drug-likeness (QED) is 0.459. The number of nitrogens with one attached hydrogen (secondary N) is 2. The van der Waals surface area contributed by atoms with Crippen LogP contribution in [0.15, 0.2) is 29.3 Å². The normalized spacial score (nSPS) is 16.7. The van der Waals surface area contributed by atoms with Crippen LogP contribution in [0.2, 0.25) is 0 Å². The summed E-state index contributed by atoms with van der Waals surface area (Å²) in [5.74, 6) is 4.01. The lowest BCUT2D eigenvalue weighted by Gasteiger charge is -2.29. The number of methoxy groups -OCH3 is 1. The molecule has 32 heavy (non-hydrogen) atoms. The molecule has 2 N–H and O–H groups in total. The highest BCUT2D eigenvalue weighted by Crippen LogP contribution is 2.25. The molecule has 0 bridgehead atoms. The topological polar surface area (TPSA) is 85.6 Å². The molecular formula is C24H38N6O2. The zero-order chi connectivity index (χ0) is 23.1. The first-order valence-corrected chi connectivity index (χ1v) is 11.4. The van der Waals surface area contributed by atoms with Crippen molar-refractivity contribution in [2.45, 2.75) is 65.1 Å². The molecule has 0 fully saturated rings. The van der Waals surface area contributed by atoms with Crippen molar-refractivity contribution in [1.82, 2.24) is 25.4 Å². The van der Waals surface area contributed by atoms with Crippen LogP contribution in [0.3, 0.4) is 0 Å². The minimum atomic E-state index is -0.0606. The van der Waals surface area contributed by atoms with Crippen LogP contribution in [0.1, 0.15) is 51.3 Å². The Hall–Kier alpha value is -2.61. The van der Waals surface area contributed by atoms with Gasteiger partial charge in [-0.25, -0.2) is 9.67 Å². The fourth-order valence-corrected chi connectivity index (χ4v) is 3.73. The average Bonchev–Trinajstić information content (AvgIpc) is 3.17. The van der Waals surface area contributed by atoms with Crippen LogP contribution in [0.25, 0.3) is 0 Å². The van der Waals surface area contributed by atoms with Gasteiger partial charge in [0, 0.05) is 38.6 Å². The number of ether oxygens (including phenoxy) is 2. The molecule has 1 unspecified atom stereocenters. The van der Waals surface area contributed by atoms with Gasteiger partial charge >= 0.3 is 0 Å². The first-order chi connectivity index (χ1) is 15.3. The van der Waals surface area contributed by atoms with E-state index in [9.17, 15) is 0 Å². The van der Waals surface area contributed by atoms with Crippen LogP contribution in [-0.2, 0) is 29.7 Å². The van der Waals surface area contributed by atoms with Crippen molar-refractivity contribution >= 4 is 5.96 Å². The number of rotatable bonds is 9. The Morgan fingerprint density at radius 3 is 2.69 bits per heavy atom. The Morgan fingerprint density at radius 2 is 2.03 bits per heavy atom. The van der Waals surface area contributed by atoms with E-state index >= 15 is 0 Å². The lowest BCUT2D eigenvalue weighted by atomic mass is 9.84. The summed E-state index contributed by atoms with van der Waals surface area (Å²) >= 11 is 0. The number of benzene rings is 1. The molecule has 2 aromatic rings. The van der Waals surface area contributed by atoms with Gasteiger partial charge in [-0.1, -0.05) is 39.8 Å². The first-order valence-electron chi connectivity index (χ1n) is 11.4. The number of aliphatic imine (C=N–C) groups is 1. The molecule has 8 nitrogen and oxygen atoms in total. The molecule has 0 saturated heterocycles. The van der Waals surface area contributed by atoms with Gasteiger partial charge in [0.1, 0.15) is 18.2 Å². The number of hydrogen-bond donors (Lipinski definition) is 2. The molecule has 1 aromatic heterocycles. The van der Waals surface area contributed by atoms with E-state index in [1.54, 1.807) is 7.11 Å². The highest BCUT2D eigenvalue weighted by atomic mass is 16.5. The second-order valence-corrected chi connectivity index (χ2v) is 9.48. The highest BCUT2D eigenvalue weighted by Gasteiger charge is 2.24. The first kappa shape index (κ1) is 24.0. The van der Waals surface area contributed by atoms with Gasteiger partial charge in [0.05, 0.1) is 13.2 Å². The van der Waals surface area contributed by atoms with Gasteiger partial charge < -0.3 is 20.1 Å². The maximum Gasteiger partial charge on any atom is 0.191 e. The number of nitrogens with zero attached hydrogens (tertiary/aromatic N) is 4. The number of fused-ring (bicyclic) bond motifs is 1. The van der Waals surface area contributed by atoms with E-state index in [-0.39, 0.29) is 11.5 Å². The minimum absolute atomic E-state index is 0.0606. The number of guanidine groups is 1. The van der Waals surface area contributed by atoms with Gasteiger partial charge in [-0.2, -0.15) is 5.10 Å². The SMILES string of the molecule is CN=C(NCC(C)(C)c1ccc(OCC(C)C)cc1)NC1CCc2nc(COC)nn2C1. The van der Waals surface area contributed by atoms with Gasteiger partial charge in [0.15, 0.2) is 11.8 Å². The summed E-state index contributed by atoms with van der Waals surface area (Å²) < 4.78 is 12.9. The second-order valence-electron chi connectivity index (χ2n) is 9.48. The molecule has 1 aromatic carbocycles. The second kappa shape index (κ2) is 10.8. The van der Waals surface area contributed by atoms with Crippen LogP contribution in [-0.4, -0.2) is 54.1 Å². The lowest BCUT2D eigenvalue weighted by Crippen LogP contribution is -2.49. The number of hydrogen-bond acceptors (Lipinski definition) is 5. The zero-order valence-corrected chi connectivity index (χ0v) is 20.3. The van der Waals surface area contributed by atoms with Gasteiger partial charge in [0.2, 0.25) is 0 Å². The van der Waals surface area contributed by atoms with E-state index in [2.05, 4.69) is 77.7 Å². The molecular weight excluding hydrogens is 404 g/mol. The van der Waals surface area contributed by atoms with Crippen molar-refractivity contribution in [3.8, 4) is 5.75 Å². The molecule has 0 radical (unpaired) electrons. The van der Waals surface area contributed by atoms with Crippen molar-refractivity contribution < 1.29 is 9.47 Å². The number of aromatic nitrogens is 3. The van der Waals surface area contributed by atoms with Crippen LogP contribution >= 0.6 is 0 Å². The maximum absolute atomic E-state index is 5.81. The van der Waals surface area contributed by atoms with E-state index < -0.39 is 0 Å². The maximum atomic E-state index is 5.81. The largest absolute Gasteiger partial charge is 0.493 e. The molecule has 1 atom stereocenters. The molecule has 3 rings (SSSR count). The molecule has 0 spiro atoms. The predicted octanol–water partition coefficient (Wildman–Crippen LogP) is 2.92. The summed E-state index contributed by atoms with van der Waals surface area (Å²) in [6, 6.07) is 8.67. The summed E-state index contributed by atoms with van der Waals surface area (Å²) in [5.41, 5.74) is 1.20. The van der Waals surface area contributed by atoms with Gasteiger partial charge in [0.25, 0.3) is 0 Å². The molecule has 1 aliphatic heterocycles. The Bertz CT molecular complexity index is 888. The smallest absolute Gasteiger partial charge is 0.191 e. The fourth-order valence-electron chi connectivity index (χ4n) is 3.73. The van der Waals surface area contributed by atoms with Gasteiger partial charge in [-0.15, -0.1) is 0 Å². The van der Waals surface area contributed by atoms with Gasteiger partial charge in [-0.3, -0.25) is 4.99 Å². The third-order valence-electron chi connectivity index (χ3n) is 5.66. The monoisotopic (exact) mass is 442 g/mol. The molecule has 2 heterocycles. The Morgan fingerprint density at radius 1 is 1.28 bits per heavy atom. The van der Waals surface area contributed by atoms with Crippen LogP contribution < -0.4 is 15.4 Å². The van der Waals surface area contributed by atoms with Crippen LogP contribution in [0.4, 0.5) is 0 Å². The lowest BCUT2D eigenvalue weighted by molar-refractivity contribution is 0.177. The van der Waals surface area contributed by atoms with Crippen LogP contribution in [0.5, 0.6) is 5.75 Å². The van der Waals surface area contributed by atoms with Crippen LogP contribution in [0, 0.1) is 5.92 Å². The summed E-state index contributed by atoms with van der Waals surface area (Å²) in [6.45, 7) is 11.5. The third kappa shape index (κ3) is 6.45. The molecule has 0 aliphatic carbocycles. The standard InChI is InChI=1S/C24H38N6O2/c1-17(2)14-32-20-10-7-18(8-11-20)24(3,4)16-26-23(25-5)27-19-9-12-22-28-21(15-31-6)29-30(22)13-19/h7-8,10-11,17,19H,9,12-16H2,1-6H3,(H2,25,26,27).